The summed E-state index contributed by atoms with van der Waals surface area (Å²) < 4.78 is 4.71. The summed E-state index contributed by atoms with van der Waals surface area (Å²) in [6.45, 7) is 3.33. The summed E-state index contributed by atoms with van der Waals surface area (Å²) in [6, 6.07) is -0.636. The Bertz CT molecular complexity index is 293. The van der Waals surface area contributed by atoms with Gasteiger partial charge in [-0.1, -0.05) is 0 Å². The average Bonchev–Trinajstić information content (AvgIpc) is 2.27. The van der Waals surface area contributed by atoms with Crippen molar-refractivity contribution in [2.75, 3.05) is 27.2 Å². The highest BCUT2D eigenvalue weighted by Gasteiger charge is 2.17. The van der Waals surface area contributed by atoms with Crippen LogP contribution in [0, 0.1) is 0 Å². The fraction of sp³-hybridized carbons (Fsp3) is 0.700. The van der Waals surface area contributed by atoms with E-state index in [-0.39, 0.29) is 19.1 Å². The third-order valence-corrected chi connectivity index (χ3v) is 1.98. The van der Waals surface area contributed by atoms with Crippen molar-refractivity contribution in [1.82, 2.24) is 15.5 Å². The maximum Gasteiger partial charge on any atom is 0.409 e. The van der Waals surface area contributed by atoms with Gasteiger partial charge in [-0.05, 0) is 13.8 Å². The zero-order valence-corrected chi connectivity index (χ0v) is 10.6. The predicted molar refractivity (Wildman–Crippen MR) is 61.3 cm³/mol. The molecule has 0 saturated carbocycles. The summed E-state index contributed by atoms with van der Waals surface area (Å²) in [5.41, 5.74) is 0. The Morgan fingerprint density at radius 2 is 1.94 bits per heavy atom. The van der Waals surface area contributed by atoms with Crippen LogP contribution in [0.2, 0.25) is 0 Å². The van der Waals surface area contributed by atoms with E-state index in [0.717, 1.165) is 4.90 Å². The zero-order valence-electron chi connectivity index (χ0n) is 10.6. The van der Waals surface area contributed by atoms with Crippen LogP contribution >= 0.6 is 0 Å². The normalized spacial score (nSPS) is 11.3. The molecule has 0 aromatic carbocycles. The van der Waals surface area contributed by atoms with Gasteiger partial charge < -0.3 is 20.3 Å². The van der Waals surface area contributed by atoms with E-state index >= 15 is 0 Å². The van der Waals surface area contributed by atoms with E-state index in [2.05, 4.69) is 10.6 Å². The Morgan fingerprint density at radius 1 is 1.35 bits per heavy atom. The molecular weight excluding hydrogens is 226 g/mol. The summed E-state index contributed by atoms with van der Waals surface area (Å²) in [7, 11) is 2.93. The lowest BCUT2D eigenvalue weighted by Gasteiger charge is -2.17. The second-order valence-corrected chi connectivity index (χ2v) is 3.46. The number of rotatable bonds is 5. The second kappa shape index (κ2) is 7.48. The minimum Gasteiger partial charge on any atom is -0.450 e. The van der Waals surface area contributed by atoms with Crippen molar-refractivity contribution in [3.05, 3.63) is 0 Å². The SMILES string of the molecule is CCOC(=O)N(C)CC(=O)N[C@@H](C)C(=O)NC. The van der Waals surface area contributed by atoms with Gasteiger partial charge in [0.25, 0.3) is 0 Å². The van der Waals surface area contributed by atoms with Crippen molar-refractivity contribution in [3.63, 3.8) is 0 Å². The molecule has 0 spiro atoms. The summed E-state index contributed by atoms with van der Waals surface area (Å²) in [6.07, 6.45) is -0.574. The first-order valence-corrected chi connectivity index (χ1v) is 5.31. The monoisotopic (exact) mass is 245 g/mol. The highest BCUT2D eigenvalue weighted by Crippen LogP contribution is 1.90. The van der Waals surface area contributed by atoms with Gasteiger partial charge in [0.05, 0.1) is 6.61 Å². The molecule has 0 aliphatic rings. The van der Waals surface area contributed by atoms with Crippen LogP contribution < -0.4 is 10.6 Å². The number of amides is 3. The number of carbonyl (C=O) groups is 3. The molecule has 3 amide bonds. The lowest BCUT2D eigenvalue weighted by molar-refractivity contribution is -0.128. The van der Waals surface area contributed by atoms with Gasteiger partial charge in [-0.25, -0.2) is 4.79 Å². The second-order valence-electron chi connectivity index (χ2n) is 3.46. The predicted octanol–water partition coefficient (Wildman–Crippen LogP) is -0.675. The van der Waals surface area contributed by atoms with E-state index in [1.54, 1.807) is 13.8 Å². The van der Waals surface area contributed by atoms with Gasteiger partial charge in [-0.2, -0.15) is 0 Å². The topological polar surface area (TPSA) is 87.7 Å². The van der Waals surface area contributed by atoms with Gasteiger partial charge in [0.15, 0.2) is 0 Å². The van der Waals surface area contributed by atoms with E-state index in [1.165, 1.54) is 14.1 Å². The van der Waals surface area contributed by atoms with E-state index in [9.17, 15) is 14.4 Å². The molecule has 0 aromatic heterocycles. The Balaban J connectivity index is 4.09. The molecule has 17 heavy (non-hydrogen) atoms. The van der Waals surface area contributed by atoms with Crippen molar-refractivity contribution in [2.24, 2.45) is 0 Å². The van der Waals surface area contributed by atoms with E-state index in [0.29, 0.717) is 0 Å². The molecule has 0 aromatic rings. The Labute approximate surface area is 100 Å². The lowest BCUT2D eigenvalue weighted by atomic mass is 10.3. The molecule has 2 N–H and O–H groups in total. The quantitative estimate of drug-likeness (QED) is 0.672. The van der Waals surface area contributed by atoms with E-state index in [4.69, 9.17) is 4.74 Å². The molecule has 0 heterocycles. The van der Waals surface area contributed by atoms with E-state index < -0.39 is 18.0 Å². The van der Waals surface area contributed by atoms with Gasteiger partial charge >= 0.3 is 6.09 Å². The van der Waals surface area contributed by atoms with Crippen LogP contribution in [0.4, 0.5) is 4.79 Å². The van der Waals surface area contributed by atoms with Crippen molar-refractivity contribution in [1.29, 1.82) is 0 Å². The van der Waals surface area contributed by atoms with Gasteiger partial charge in [0, 0.05) is 14.1 Å². The molecule has 0 unspecified atom stereocenters. The molecule has 0 rings (SSSR count). The largest absolute Gasteiger partial charge is 0.450 e. The highest BCUT2D eigenvalue weighted by atomic mass is 16.6. The zero-order chi connectivity index (χ0) is 13.4. The van der Waals surface area contributed by atoms with E-state index in [1.807, 2.05) is 0 Å². The number of carbonyl (C=O) groups excluding carboxylic acids is 3. The number of hydrogen-bond donors (Lipinski definition) is 2. The Kier molecular flexibility index (Phi) is 6.69. The molecular formula is C10H19N3O4. The number of ether oxygens (including phenoxy) is 1. The Hall–Kier alpha value is -1.79. The molecule has 7 nitrogen and oxygen atoms in total. The summed E-state index contributed by atoms with van der Waals surface area (Å²) in [5.74, 6) is -0.714. The molecule has 98 valence electrons. The first-order valence-electron chi connectivity index (χ1n) is 5.31. The summed E-state index contributed by atoms with van der Waals surface area (Å²) in [5, 5.41) is 4.87. The lowest BCUT2D eigenvalue weighted by Crippen LogP contribution is -2.47. The van der Waals surface area contributed by atoms with Crippen LogP contribution in [0.3, 0.4) is 0 Å². The maximum atomic E-state index is 11.5. The molecule has 0 radical (unpaired) electrons. The number of nitrogens with one attached hydrogen (secondary N) is 2. The third kappa shape index (κ3) is 5.74. The summed E-state index contributed by atoms with van der Waals surface area (Å²) >= 11 is 0. The van der Waals surface area contributed by atoms with Crippen molar-refractivity contribution in [2.45, 2.75) is 19.9 Å². The average molecular weight is 245 g/mol. The standard InChI is InChI=1S/C10H19N3O4/c1-5-17-10(16)13(4)6-8(14)12-7(2)9(15)11-3/h7H,5-6H2,1-4H3,(H,11,15)(H,12,14)/t7-/m0/s1. The fourth-order valence-corrected chi connectivity index (χ4v) is 1.08. The minimum atomic E-state index is -0.636. The summed E-state index contributed by atoms with van der Waals surface area (Å²) in [4.78, 5) is 34.9. The minimum absolute atomic E-state index is 0.153. The van der Waals surface area contributed by atoms with Gasteiger partial charge in [0.2, 0.25) is 11.8 Å². The van der Waals surface area contributed by atoms with Crippen molar-refractivity contribution >= 4 is 17.9 Å². The smallest absolute Gasteiger partial charge is 0.409 e. The molecule has 0 saturated heterocycles. The third-order valence-electron chi connectivity index (χ3n) is 1.98. The van der Waals surface area contributed by atoms with Gasteiger partial charge in [-0.3, -0.25) is 9.59 Å². The Morgan fingerprint density at radius 3 is 2.41 bits per heavy atom. The molecule has 0 bridgehead atoms. The highest BCUT2D eigenvalue weighted by molar-refractivity contribution is 5.88. The molecule has 7 heteroatoms. The molecule has 0 aliphatic heterocycles. The van der Waals surface area contributed by atoms with Crippen molar-refractivity contribution < 1.29 is 19.1 Å². The molecule has 0 fully saturated rings. The number of likely N-dealkylation sites (N-methyl/N-ethyl adjacent to an activating group) is 2. The van der Waals surface area contributed by atoms with Crippen molar-refractivity contribution in [3.8, 4) is 0 Å². The first-order chi connectivity index (χ1) is 7.92. The van der Waals surface area contributed by atoms with Gasteiger partial charge in [0.1, 0.15) is 12.6 Å². The van der Waals surface area contributed by atoms with Crippen LogP contribution in [0.15, 0.2) is 0 Å². The van der Waals surface area contributed by atoms with Crippen LogP contribution in [-0.4, -0.2) is 56.1 Å². The number of hydrogen-bond acceptors (Lipinski definition) is 4. The fourth-order valence-electron chi connectivity index (χ4n) is 1.08. The molecule has 1 atom stereocenters. The van der Waals surface area contributed by atoms with Gasteiger partial charge in [-0.15, -0.1) is 0 Å². The first kappa shape index (κ1) is 15.2. The number of nitrogens with zero attached hydrogens (tertiary/aromatic N) is 1. The molecule has 0 aliphatic carbocycles. The van der Waals surface area contributed by atoms with Crippen LogP contribution in [0.1, 0.15) is 13.8 Å². The van der Waals surface area contributed by atoms with Crippen LogP contribution in [0.25, 0.3) is 0 Å². The van der Waals surface area contributed by atoms with Crippen LogP contribution in [0.5, 0.6) is 0 Å². The van der Waals surface area contributed by atoms with Crippen LogP contribution in [-0.2, 0) is 14.3 Å². The maximum absolute atomic E-state index is 11.5.